The summed E-state index contributed by atoms with van der Waals surface area (Å²) >= 11 is 5.80. The number of carbonyl (C=O) groups is 1. The average Bonchev–Trinajstić information content (AvgIpc) is 2.70. The summed E-state index contributed by atoms with van der Waals surface area (Å²) in [7, 11) is 0. The van der Waals surface area contributed by atoms with Crippen molar-refractivity contribution < 1.29 is 4.79 Å². The van der Waals surface area contributed by atoms with Crippen LogP contribution in [0.2, 0.25) is 5.02 Å². The maximum absolute atomic E-state index is 12.4. The molecule has 0 aliphatic rings. The van der Waals surface area contributed by atoms with Crippen LogP contribution < -0.4 is 10.9 Å². The Bertz CT molecular complexity index is 966. The number of amides is 1. The summed E-state index contributed by atoms with van der Waals surface area (Å²) in [5.74, 6) is -0.249. The van der Waals surface area contributed by atoms with E-state index in [1.165, 1.54) is 23.4 Å². The first-order chi connectivity index (χ1) is 13.1. The van der Waals surface area contributed by atoms with Crippen LogP contribution in [0.3, 0.4) is 0 Å². The quantitative estimate of drug-likeness (QED) is 0.663. The fourth-order valence-electron chi connectivity index (χ4n) is 2.90. The highest BCUT2D eigenvalue weighted by atomic mass is 35.5. The molecular formula is C22H21ClN2O2. The van der Waals surface area contributed by atoms with E-state index in [0.29, 0.717) is 5.56 Å². The second-order valence-electron chi connectivity index (χ2n) is 6.41. The van der Waals surface area contributed by atoms with Crippen LogP contribution in [-0.2, 0) is 6.42 Å². The molecule has 0 radical (unpaired) electrons. The Kier molecular flexibility index (Phi) is 6.09. The number of H-pyrrole nitrogens is 1. The molecule has 3 aromatic rings. The minimum absolute atomic E-state index is 0.00667. The van der Waals surface area contributed by atoms with Gasteiger partial charge in [0, 0.05) is 12.2 Å². The third kappa shape index (κ3) is 4.86. The summed E-state index contributed by atoms with van der Waals surface area (Å²) in [6.45, 7) is 2.03. The first-order valence-corrected chi connectivity index (χ1v) is 9.28. The molecule has 1 unspecified atom stereocenters. The number of rotatable bonds is 6. The van der Waals surface area contributed by atoms with Crippen molar-refractivity contribution in [3.05, 3.63) is 93.4 Å². The van der Waals surface area contributed by atoms with Crippen LogP contribution in [0.1, 0.15) is 29.3 Å². The van der Waals surface area contributed by atoms with Gasteiger partial charge >= 0.3 is 0 Å². The molecular weight excluding hydrogens is 360 g/mol. The van der Waals surface area contributed by atoms with Crippen LogP contribution in [0.15, 0.2) is 71.7 Å². The Morgan fingerprint density at radius 2 is 1.74 bits per heavy atom. The van der Waals surface area contributed by atoms with Gasteiger partial charge in [0.1, 0.15) is 5.02 Å². The zero-order valence-electron chi connectivity index (χ0n) is 15.0. The van der Waals surface area contributed by atoms with Crippen molar-refractivity contribution in [3.63, 3.8) is 0 Å². The number of aromatic amines is 1. The van der Waals surface area contributed by atoms with Gasteiger partial charge in [0.2, 0.25) is 0 Å². The van der Waals surface area contributed by atoms with E-state index >= 15 is 0 Å². The van der Waals surface area contributed by atoms with Crippen LogP contribution in [0, 0.1) is 0 Å². The molecule has 2 aromatic carbocycles. The molecule has 0 spiro atoms. The van der Waals surface area contributed by atoms with Gasteiger partial charge in [-0.15, -0.1) is 0 Å². The topological polar surface area (TPSA) is 62.0 Å². The second kappa shape index (κ2) is 8.69. The van der Waals surface area contributed by atoms with Gasteiger partial charge in [-0.25, -0.2) is 0 Å². The van der Waals surface area contributed by atoms with Crippen molar-refractivity contribution in [2.45, 2.75) is 25.8 Å². The number of pyridine rings is 1. The van der Waals surface area contributed by atoms with Crippen molar-refractivity contribution in [1.82, 2.24) is 10.3 Å². The van der Waals surface area contributed by atoms with Crippen LogP contribution in [0.4, 0.5) is 0 Å². The lowest BCUT2D eigenvalue weighted by molar-refractivity contribution is 0.0935. The number of benzene rings is 2. The van der Waals surface area contributed by atoms with Crippen molar-refractivity contribution >= 4 is 17.5 Å². The summed E-state index contributed by atoms with van der Waals surface area (Å²) < 4.78 is 0. The molecule has 2 N–H and O–H groups in total. The Morgan fingerprint density at radius 3 is 2.37 bits per heavy atom. The number of hydrogen-bond acceptors (Lipinski definition) is 2. The summed E-state index contributed by atoms with van der Waals surface area (Å²) in [6.07, 6.45) is 2.91. The molecule has 0 bridgehead atoms. The van der Waals surface area contributed by atoms with Gasteiger partial charge in [0.25, 0.3) is 11.5 Å². The van der Waals surface area contributed by atoms with Crippen molar-refractivity contribution in [3.8, 4) is 11.1 Å². The monoisotopic (exact) mass is 380 g/mol. The van der Waals surface area contributed by atoms with Gasteiger partial charge in [-0.1, -0.05) is 73.1 Å². The average molecular weight is 381 g/mol. The standard InChI is InChI=1S/C22H21ClN2O2/c1-2-19(25-21(26)18-13-20(23)22(27)24-14-18)12-15-8-10-17(11-9-15)16-6-4-3-5-7-16/h3-11,13-14,19H,2,12H2,1H3,(H,24,27)(H,25,26). The van der Waals surface area contributed by atoms with Crippen LogP contribution >= 0.6 is 11.6 Å². The predicted octanol–water partition coefficient (Wildman–Crippen LogP) is 4.45. The fraction of sp³-hybridized carbons (Fsp3) is 0.182. The maximum atomic E-state index is 12.4. The van der Waals surface area contributed by atoms with Crippen LogP contribution in [0.5, 0.6) is 0 Å². The lowest BCUT2D eigenvalue weighted by atomic mass is 9.99. The second-order valence-corrected chi connectivity index (χ2v) is 6.82. The molecule has 1 aromatic heterocycles. The molecule has 1 atom stereocenters. The molecule has 1 amide bonds. The highest BCUT2D eigenvalue weighted by molar-refractivity contribution is 6.30. The first kappa shape index (κ1) is 18.9. The number of hydrogen-bond donors (Lipinski definition) is 2. The molecule has 27 heavy (non-hydrogen) atoms. The summed E-state index contributed by atoms with van der Waals surface area (Å²) in [6, 6.07) is 20.0. The highest BCUT2D eigenvalue weighted by Gasteiger charge is 2.14. The van der Waals surface area contributed by atoms with Crippen molar-refractivity contribution in [1.29, 1.82) is 0 Å². The molecule has 0 aliphatic carbocycles. The van der Waals surface area contributed by atoms with Gasteiger partial charge in [-0.2, -0.15) is 0 Å². The van der Waals surface area contributed by atoms with E-state index in [-0.39, 0.29) is 17.0 Å². The van der Waals surface area contributed by atoms with Gasteiger partial charge in [-0.05, 0) is 35.6 Å². The van der Waals surface area contributed by atoms with E-state index in [1.807, 2.05) is 25.1 Å². The number of halogens is 1. The molecule has 1 heterocycles. The third-order valence-corrected chi connectivity index (χ3v) is 4.77. The van der Waals surface area contributed by atoms with Gasteiger partial charge in [-0.3, -0.25) is 9.59 Å². The number of nitrogens with one attached hydrogen (secondary N) is 2. The van der Waals surface area contributed by atoms with E-state index in [4.69, 9.17) is 11.6 Å². The Labute approximate surface area is 163 Å². The summed E-state index contributed by atoms with van der Waals surface area (Å²) in [4.78, 5) is 26.2. The maximum Gasteiger partial charge on any atom is 0.266 e. The first-order valence-electron chi connectivity index (χ1n) is 8.90. The highest BCUT2D eigenvalue weighted by Crippen LogP contribution is 2.20. The van der Waals surface area contributed by atoms with Gasteiger partial charge in [0.05, 0.1) is 5.56 Å². The lowest BCUT2D eigenvalue weighted by Crippen LogP contribution is -2.36. The Morgan fingerprint density at radius 1 is 1.07 bits per heavy atom. The molecule has 138 valence electrons. The van der Waals surface area contributed by atoms with E-state index in [2.05, 4.69) is 46.7 Å². The predicted molar refractivity (Wildman–Crippen MR) is 109 cm³/mol. The molecule has 4 nitrogen and oxygen atoms in total. The lowest BCUT2D eigenvalue weighted by Gasteiger charge is -2.17. The molecule has 0 fully saturated rings. The molecule has 0 saturated carbocycles. The minimum atomic E-state index is -0.404. The third-order valence-electron chi connectivity index (χ3n) is 4.49. The van der Waals surface area contributed by atoms with E-state index in [1.54, 1.807) is 0 Å². The van der Waals surface area contributed by atoms with E-state index in [0.717, 1.165) is 18.4 Å². The normalized spacial score (nSPS) is 11.8. The van der Waals surface area contributed by atoms with Crippen LogP contribution in [0.25, 0.3) is 11.1 Å². The number of aromatic nitrogens is 1. The van der Waals surface area contributed by atoms with E-state index in [9.17, 15) is 9.59 Å². The Balaban J connectivity index is 1.67. The zero-order valence-corrected chi connectivity index (χ0v) is 15.8. The van der Waals surface area contributed by atoms with Gasteiger partial charge < -0.3 is 10.3 Å². The smallest absolute Gasteiger partial charge is 0.266 e. The summed E-state index contributed by atoms with van der Waals surface area (Å²) in [5.41, 5.74) is 3.44. The van der Waals surface area contributed by atoms with Crippen LogP contribution in [-0.4, -0.2) is 16.9 Å². The largest absolute Gasteiger partial charge is 0.349 e. The fourth-order valence-corrected chi connectivity index (χ4v) is 3.07. The Hall–Kier alpha value is -2.85. The summed E-state index contributed by atoms with van der Waals surface area (Å²) in [5, 5.41) is 3.01. The molecule has 0 aliphatic heterocycles. The van der Waals surface area contributed by atoms with E-state index < -0.39 is 5.56 Å². The van der Waals surface area contributed by atoms with Gasteiger partial charge in [0.15, 0.2) is 0 Å². The minimum Gasteiger partial charge on any atom is -0.349 e. The molecule has 0 saturated heterocycles. The molecule has 5 heteroatoms. The van der Waals surface area contributed by atoms with Crippen molar-refractivity contribution in [2.75, 3.05) is 0 Å². The number of carbonyl (C=O) groups excluding carboxylic acids is 1. The van der Waals surface area contributed by atoms with Crippen molar-refractivity contribution in [2.24, 2.45) is 0 Å². The SMILES string of the molecule is CCC(Cc1ccc(-c2ccccc2)cc1)NC(=O)c1c[nH]c(=O)c(Cl)c1. The molecule has 3 rings (SSSR count). The zero-order chi connectivity index (χ0) is 19.2.